The third kappa shape index (κ3) is 3.13. The minimum atomic E-state index is -0.433. The molecule has 21 heavy (non-hydrogen) atoms. The molecule has 1 aromatic carbocycles. The molecule has 0 aliphatic heterocycles. The average Bonchev–Trinajstić information content (AvgIpc) is 3.04. The molecule has 0 radical (unpaired) electrons. The fourth-order valence-electron chi connectivity index (χ4n) is 2.74. The van der Waals surface area contributed by atoms with E-state index in [1.807, 2.05) is 24.4 Å². The third-order valence-electron chi connectivity index (χ3n) is 3.92. The van der Waals surface area contributed by atoms with Crippen molar-refractivity contribution in [1.82, 2.24) is 15.1 Å². The Hall–Kier alpha value is -2.14. The second-order valence-electron chi connectivity index (χ2n) is 5.43. The van der Waals surface area contributed by atoms with Gasteiger partial charge in [0, 0.05) is 18.0 Å². The van der Waals surface area contributed by atoms with Crippen molar-refractivity contribution in [2.24, 2.45) is 0 Å². The number of nitrogens with one attached hydrogen (secondary N) is 1. The van der Waals surface area contributed by atoms with E-state index >= 15 is 0 Å². The van der Waals surface area contributed by atoms with Gasteiger partial charge in [-0.3, -0.25) is 4.79 Å². The van der Waals surface area contributed by atoms with Gasteiger partial charge in [-0.15, -0.1) is 0 Å². The summed E-state index contributed by atoms with van der Waals surface area (Å²) in [5.41, 5.74) is 1.43. The number of aliphatic hydroxyl groups is 1. The van der Waals surface area contributed by atoms with Crippen LogP contribution in [0, 0.1) is 0 Å². The monoisotopic (exact) mass is 285 g/mol. The zero-order valence-electron chi connectivity index (χ0n) is 11.8. The van der Waals surface area contributed by atoms with Crippen LogP contribution in [-0.2, 0) is 0 Å². The fourth-order valence-corrected chi connectivity index (χ4v) is 2.74. The molecule has 110 valence electrons. The molecule has 0 saturated heterocycles. The molecule has 2 N–H and O–H groups in total. The predicted octanol–water partition coefficient (Wildman–Crippen LogP) is 1.91. The highest BCUT2D eigenvalue weighted by molar-refractivity contribution is 5.94. The summed E-state index contributed by atoms with van der Waals surface area (Å²) < 4.78 is 1.71. The Kier molecular flexibility index (Phi) is 4.01. The van der Waals surface area contributed by atoms with Crippen LogP contribution < -0.4 is 5.32 Å². The molecular formula is C16H19N3O2. The van der Waals surface area contributed by atoms with Crippen molar-refractivity contribution >= 4 is 5.91 Å². The molecule has 5 nitrogen and oxygen atoms in total. The number of rotatable bonds is 3. The van der Waals surface area contributed by atoms with Gasteiger partial charge in [0.2, 0.25) is 0 Å². The molecule has 3 rings (SSSR count). The van der Waals surface area contributed by atoms with Crippen LogP contribution in [0.25, 0.3) is 5.69 Å². The van der Waals surface area contributed by atoms with E-state index < -0.39 is 6.10 Å². The Balaban J connectivity index is 1.74. The smallest absolute Gasteiger partial charge is 0.251 e. The second-order valence-corrected chi connectivity index (χ2v) is 5.43. The third-order valence-corrected chi connectivity index (χ3v) is 3.92. The standard InChI is InChI=1S/C16H19N3O2/c20-15-8-2-1-7-14(15)18-16(21)12-5-3-6-13(11-12)19-10-4-9-17-19/h3-6,9-11,14-15,20H,1-2,7-8H2,(H,18,21)/t14-,15-/m0/s1. The van der Waals surface area contributed by atoms with Crippen molar-refractivity contribution in [3.63, 3.8) is 0 Å². The Morgan fingerprint density at radius 1 is 1.29 bits per heavy atom. The number of aromatic nitrogens is 2. The zero-order valence-corrected chi connectivity index (χ0v) is 11.8. The number of carbonyl (C=O) groups excluding carboxylic acids is 1. The van der Waals surface area contributed by atoms with Crippen LogP contribution >= 0.6 is 0 Å². The van der Waals surface area contributed by atoms with E-state index in [0.717, 1.165) is 31.4 Å². The van der Waals surface area contributed by atoms with Crippen LogP contribution in [0.2, 0.25) is 0 Å². The van der Waals surface area contributed by atoms with Gasteiger partial charge in [0.15, 0.2) is 0 Å². The van der Waals surface area contributed by atoms with Crippen molar-refractivity contribution in [3.8, 4) is 5.69 Å². The summed E-state index contributed by atoms with van der Waals surface area (Å²) in [7, 11) is 0. The summed E-state index contributed by atoms with van der Waals surface area (Å²) in [5.74, 6) is -0.144. The number of hydrogen-bond acceptors (Lipinski definition) is 3. The van der Waals surface area contributed by atoms with Crippen molar-refractivity contribution in [2.75, 3.05) is 0 Å². The normalized spacial score (nSPS) is 22.0. The SMILES string of the molecule is O=C(N[C@H]1CCCC[C@@H]1O)c1cccc(-n2cccn2)c1. The van der Waals surface area contributed by atoms with Gasteiger partial charge in [0.1, 0.15) is 0 Å². The summed E-state index contributed by atoms with van der Waals surface area (Å²) in [5, 5.41) is 17.0. The van der Waals surface area contributed by atoms with Gasteiger partial charge >= 0.3 is 0 Å². The summed E-state index contributed by atoms with van der Waals surface area (Å²) in [6, 6.07) is 9.02. The molecule has 1 aliphatic carbocycles. The maximum absolute atomic E-state index is 12.3. The van der Waals surface area contributed by atoms with Crippen molar-refractivity contribution in [1.29, 1.82) is 0 Å². The first-order chi connectivity index (χ1) is 10.2. The van der Waals surface area contributed by atoms with Crippen LogP contribution in [0.1, 0.15) is 36.0 Å². The highest BCUT2D eigenvalue weighted by atomic mass is 16.3. The van der Waals surface area contributed by atoms with E-state index in [4.69, 9.17) is 0 Å². The first-order valence-electron chi connectivity index (χ1n) is 7.33. The van der Waals surface area contributed by atoms with E-state index in [-0.39, 0.29) is 11.9 Å². The quantitative estimate of drug-likeness (QED) is 0.905. The molecule has 5 heteroatoms. The Morgan fingerprint density at radius 3 is 2.90 bits per heavy atom. The number of amides is 1. The second kappa shape index (κ2) is 6.10. The molecule has 2 atom stereocenters. The van der Waals surface area contributed by atoms with Crippen LogP contribution in [-0.4, -0.2) is 32.9 Å². The van der Waals surface area contributed by atoms with E-state index in [0.29, 0.717) is 5.56 Å². The molecule has 1 saturated carbocycles. The van der Waals surface area contributed by atoms with Gasteiger partial charge in [-0.05, 0) is 37.1 Å². The molecule has 0 unspecified atom stereocenters. The topological polar surface area (TPSA) is 67.2 Å². The lowest BCUT2D eigenvalue weighted by atomic mass is 9.92. The van der Waals surface area contributed by atoms with Crippen LogP contribution in [0.5, 0.6) is 0 Å². The van der Waals surface area contributed by atoms with Gasteiger partial charge in [-0.2, -0.15) is 5.10 Å². The van der Waals surface area contributed by atoms with Gasteiger partial charge < -0.3 is 10.4 Å². The van der Waals surface area contributed by atoms with E-state index in [9.17, 15) is 9.90 Å². The van der Waals surface area contributed by atoms with Gasteiger partial charge in [-0.25, -0.2) is 4.68 Å². The molecule has 1 aromatic heterocycles. The molecule has 1 aliphatic rings. The van der Waals surface area contributed by atoms with Gasteiger partial charge in [0.25, 0.3) is 5.91 Å². The first-order valence-corrected chi connectivity index (χ1v) is 7.33. The zero-order chi connectivity index (χ0) is 14.7. The number of benzene rings is 1. The van der Waals surface area contributed by atoms with Crippen LogP contribution in [0.3, 0.4) is 0 Å². The summed E-state index contributed by atoms with van der Waals surface area (Å²) in [6.07, 6.45) is 6.78. The summed E-state index contributed by atoms with van der Waals surface area (Å²) in [4.78, 5) is 12.3. The maximum Gasteiger partial charge on any atom is 0.251 e. The molecular weight excluding hydrogens is 266 g/mol. The molecule has 2 aromatic rings. The van der Waals surface area contributed by atoms with E-state index in [1.165, 1.54) is 0 Å². The summed E-state index contributed by atoms with van der Waals surface area (Å²) in [6.45, 7) is 0. The van der Waals surface area contributed by atoms with Gasteiger partial charge in [-0.1, -0.05) is 18.9 Å². The summed E-state index contributed by atoms with van der Waals surface area (Å²) >= 11 is 0. The molecule has 1 amide bonds. The van der Waals surface area contributed by atoms with E-state index in [2.05, 4.69) is 10.4 Å². The number of hydrogen-bond donors (Lipinski definition) is 2. The first kappa shape index (κ1) is 13.8. The Labute approximate surface area is 123 Å². The lowest BCUT2D eigenvalue weighted by molar-refractivity contribution is 0.0717. The van der Waals surface area contributed by atoms with E-state index in [1.54, 1.807) is 23.0 Å². The van der Waals surface area contributed by atoms with Crippen LogP contribution in [0.15, 0.2) is 42.7 Å². The fraction of sp³-hybridized carbons (Fsp3) is 0.375. The number of carbonyl (C=O) groups is 1. The minimum absolute atomic E-state index is 0.139. The molecule has 1 heterocycles. The highest BCUT2D eigenvalue weighted by Crippen LogP contribution is 2.19. The van der Waals surface area contributed by atoms with Gasteiger partial charge in [0.05, 0.1) is 17.8 Å². The largest absolute Gasteiger partial charge is 0.391 e. The van der Waals surface area contributed by atoms with Crippen LogP contribution in [0.4, 0.5) is 0 Å². The Morgan fingerprint density at radius 2 is 2.14 bits per heavy atom. The Bertz CT molecular complexity index is 610. The number of aliphatic hydroxyl groups excluding tert-OH is 1. The maximum atomic E-state index is 12.3. The number of nitrogens with zero attached hydrogens (tertiary/aromatic N) is 2. The minimum Gasteiger partial charge on any atom is -0.391 e. The lowest BCUT2D eigenvalue weighted by Crippen LogP contribution is -2.45. The van der Waals surface area contributed by atoms with Crippen molar-refractivity contribution in [2.45, 2.75) is 37.8 Å². The average molecular weight is 285 g/mol. The molecule has 1 fully saturated rings. The highest BCUT2D eigenvalue weighted by Gasteiger charge is 2.24. The lowest BCUT2D eigenvalue weighted by Gasteiger charge is -2.28. The molecule has 0 bridgehead atoms. The predicted molar refractivity (Wildman–Crippen MR) is 79.3 cm³/mol. The molecule has 0 spiro atoms. The van der Waals surface area contributed by atoms with Crippen molar-refractivity contribution in [3.05, 3.63) is 48.3 Å². The van der Waals surface area contributed by atoms with Crippen molar-refractivity contribution < 1.29 is 9.90 Å².